The van der Waals surface area contributed by atoms with Crippen LogP contribution in [0.3, 0.4) is 0 Å². The molecule has 0 radical (unpaired) electrons. The van der Waals surface area contributed by atoms with Crippen LogP contribution in [0.25, 0.3) is 11.4 Å². The fraction of sp³-hybridized carbons (Fsp3) is 0.0909. The second-order valence-corrected chi connectivity index (χ2v) is 3.09. The van der Waals surface area contributed by atoms with Crippen LogP contribution >= 0.6 is 0 Å². The van der Waals surface area contributed by atoms with E-state index >= 15 is 0 Å². The quantitative estimate of drug-likeness (QED) is 0.580. The van der Waals surface area contributed by atoms with Gasteiger partial charge in [0.25, 0.3) is 5.95 Å². The van der Waals surface area contributed by atoms with Gasteiger partial charge in [-0.05, 0) is 0 Å². The van der Waals surface area contributed by atoms with Gasteiger partial charge in [0.05, 0.1) is 7.11 Å². The summed E-state index contributed by atoms with van der Waals surface area (Å²) >= 11 is 0. The molecule has 2 aromatic rings. The van der Waals surface area contributed by atoms with Crippen molar-refractivity contribution < 1.29 is 9.63 Å². The number of benzene rings is 1. The highest BCUT2D eigenvalue weighted by molar-refractivity contribution is 5.68. The van der Waals surface area contributed by atoms with Crippen molar-refractivity contribution >= 4 is 12.4 Å². The molecular formula is C11H10N4O2. The zero-order chi connectivity index (χ0) is 12.1. The minimum Gasteiger partial charge on any atom is -0.276 e. The van der Waals surface area contributed by atoms with Gasteiger partial charge in [0.2, 0.25) is 6.41 Å². The van der Waals surface area contributed by atoms with E-state index in [1.807, 2.05) is 30.3 Å². The Hall–Kier alpha value is -2.34. The summed E-state index contributed by atoms with van der Waals surface area (Å²) in [6.45, 7) is 0. The lowest BCUT2D eigenvalue weighted by Gasteiger charge is -2.11. The van der Waals surface area contributed by atoms with Crippen LogP contribution in [-0.2, 0) is 9.63 Å². The van der Waals surface area contributed by atoms with Crippen molar-refractivity contribution in [3.63, 3.8) is 0 Å². The number of rotatable bonds is 4. The van der Waals surface area contributed by atoms with Gasteiger partial charge in [0, 0.05) is 5.56 Å². The number of anilines is 1. The van der Waals surface area contributed by atoms with Gasteiger partial charge in [0.1, 0.15) is 6.33 Å². The Kier molecular flexibility index (Phi) is 3.37. The second-order valence-electron chi connectivity index (χ2n) is 3.09. The summed E-state index contributed by atoms with van der Waals surface area (Å²) in [5, 5.41) is 0.925. The minimum absolute atomic E-state index is 0.149. The molecule has 86 valence electrons. The average Bonchev–Trinajstić information content (AvgIpc) is 2.42. The van der Waals surface area contributed by atoms with Crippen molar-refractivity contribution in [2.45, 2.75) is 0 Å². The number of carbonyl (C=O) groups is 1. The predicted octanol–water partition coefficient (Wildman–Crippen LogP) is 1.06. The van der Waals surface area contributed by atoms with E-state index in [4.69, 9.17) is 4.84 Å². The summed E-state index contributed by atoms with van der Waals surface area (Å²) in [5.41, 5.74) is 0.845. The van der Waals surface area contributed by atoms with Crippen LogP contribution in [0.15, 0.2) is 36.7 Å². The Labute approximate surface area is 97.9 Å². The molecular weight excluding hydrogens is 220 g/mol. The lowest BCUT2D eigenvalue weighted by atomic mass is 10.2. The SMILES string of the molecule is CON(C=O)c1ncnc(-c2ccccc2)n1. The Morgan fingerprint density at radius 3 is 2.65 bits per heavy atom. The molecule has 17 heavy (non-hydrogen) atoms. The highest BCUT2D eigenvalue weighted by Crippen LogP contribution is 2.15. The fourth-order valence-electron chi connectivity index (χ4n) is 1.29. The summed E-state index contributed by atoms with van der Waals surface area (Å²) in [7, 11) is 1.36. The molecule has 1 amide bonds. The number of hydrogen-bond acceptors (Lipinski definition) is 5. The van der Waals surface area contributed by atoms with E-state index in [1.165, 1.54) is 13.4 Å². The summed E-state index contributed by atoms with van der Waals surface area (Å²) in [4.78, 5) is 27.5. The van der Waals surface area contributed by atoms with Crippen LogP contribution < -0.4 is 5.06 Å². The highest BCUT2D eigenvalue weighted by Gasteiger charge is 2.09. The predicted molar refractivity (Wildman–Crippen MR) is 60.8 cm³/mol. The Morgan fingerprint density at radius 1 is 1.24 bits per heavy atom. The third-order valence-electron chi connectivity index (χ3n) is 2.08. The average molecular weight is 230 g/mol. The van der Waals surface area contributed by atoms with Crippen molar-refractivity contribution in [1.29, 1.82) is 0 Å². The van der Waals surface area contributed by atoms with Gasteiger partial charge in [-0.25, -0.2) is 4.98 Å². The molecule has 2 rings (SSSR count). The smallest absolute Gasteiger partial charge is 0.260 e. The number of aromatic nitrogens is 3. The van der Waals surface area contributed by atoms with Crippen molar-refractivity contribution in [2.75, 3.05) is 12.2 Å². The molecule has 6 heteroatoms. The van der Waals surface area contributed by atoms with E-state index in [-0.39, 0.29) is 5.95 Å². The topological polar surface area (TPSA) is 68.2 Å². The molecule has 0 unspecified atom stereocenters. The van der Waals surface area contributed by atoms with Crippen LogP contribution in [0.2, 0.25) is 0 Å². The minimum atomic E-state index is 0.149. The Balaban J connectivity index is 2.38. The van der Waals surface area contributed by atoms with Crippen molar-refractivity contribution in [1.82, 2.24) is 15.0 Å². The lowest BCUT2D eigenvalue weighted by Crippen LogP contribution is -2.21. The van der Waals surface area contributed by atoms with Gasteiger partial charge in [-0.15, -0.1) is 0 Å². The standard InChI is InChI=1S/C11H10N4O2/c1-17-15(8-16)11-13-7-12-10(14-11)9-5-3-2-4-6-9/h2-8H,1H3. The molecule has 0 saturated carbocycles. The van der Waals surface area contributed by atoms with Gasteiger partial charge >= 0.3 is 0 Å². The molecule has 0 N–H and O–H groups in total. The van der Waals surface area contributed by atoms with Crippen molar-refractivity contribution in [2.24, 2.45) is 0 Å². The number of hydroxylamine groups is 1. The third-order valence-corrected chi connectivity index (χ3v) is 2.08. The molecule has 0 saturated heterocycles. The second kappa shape index (κ2) is 5.13. The molecule has 0 fully saturated rings. The molecule has 0 spiro atoms. The van der Waals surface area contributed by atoms with Crippen LogP contribution in [0, 0.1) is 0 Å². The molecule has 1 heterocycles. The summed E-state index contributed by atoms with van der Waals surface area (Å²) < 4.78 is 0. The normalized spacial score (nSPS) is 9.94. The summed E-state index contributed by atoms with van der Waals surface area (Å²) in [6, 6.07) is 9.41. The number of carbonyl (C=O) groups excluding carboxylic acids is 1. The van der Waals surface area contributed by atoms with E-state index in [0.29, 0.717) is 12.2 Å². The molecule has 1 aromatic heterocycles. The Bertz CT molecular complexity index is 504. The first-order valence-electron chi connectivity index (χ1n) is 4.88. The molecule has 0 atom stereocenters. The largest absolute Gasteiger partial charge is 0.276 e. The van der Waals surface area contributed by atoms with E-state index in [9.17, 15) is 4.79 Å². The van der Waals surface area contributed by atoms with Gasteiger partial charge in [0.15, 0.2) is 5.82 Å². The van der Waals surface area contributed by atoms with E-state index in [1.54, 1.807) is 0 Å². The first-order chi connectivity index (χ1) is 8.35. The van der Waals surface area contributed by atoms with E-state index in [2.05, 4.69) is 15.0 Å². The molecule has 0 aliphatic rings. The van der Waals surface area contributed by atoms with Crippen molar-refractivity contribution in [3.8, 4) is 11.4 Å². The molecule has 0 aliphatic heterocycles. The van der Waals surface area contributed by atoms with Crippen LogP contribution in [0.5, 0.6) is 0 Å². The van der Waals surface area contributed by atoms with Crippen LogP contribution in [-0.4, -0.2) is 28.5 Å². The maximum Gasteiger partial charge on any atom is 0.260 e. The number of hydrogen-bond donors (Lipinski definition) is 0. The van der Waals surface area contributed by atoms with Crippen LogP contribution in [0.1, 0.15) is 0 Å². The van der Waals surface area contributed by atoms with Gasteiger partial charge < -0.3 is 0 Å². The van der Waals surface area contributed by atoms with Gasteiger partial charge in [-0.3, -0.25) is 9.63 Å². The molecule has 0 bridgehead atoms. The maximum absolute atomic E-state index is 10.7. The number of amides is 1. The first kappa shape index (κ1) is 11.2. The highest BCUT2D eigenvalue weighted by atomic mass is 16.7. The maximum atomic E-state index is 10.7. The molecule has 0 aliphatic carbocycles. The third kappa shape index (κ3) is 2.43. The molecule has 1 aromatic carbocycles. The molecule has 6 nitrogen and oxygen atoms in total. The zero-order valence-corrected chi connectivity index (χ0v) is 9.15. The number of nitrogens with zero attached hydrogens (tertiary/aromatic N) is 4. The lowest BCUT2D eigenvalue weighted by molar-refractivity contribution is -0.113. The summed E-state index contributed by atoms with van der Waals surface area (Å²) in [5.74, 6) is 0.635. The summed E-state index contributed by atoms with van der Waals surface area (Å²) in [6.07, 6.45) is 1.82. The van der Waals surface area contributed by atoms with Crippen LogP contribution in [0.4, 0.5) is 5.95 Å². The van der Waals surface area contributed by atoms with Crippen molar-refractivity contribution in [3.05, 3.63) is 36.7 Å². The fourth-order valence-corrected chi connectivity index (χ4v) is 1.29. The zero-order valence-electron chi connectivity index (χ0n) is 9.15. The monoisotopic (exact) mass is 230 g/mol. The van der Waals surface area contributed by atoms with E-state index < -0.39 is 0 Å². The van der Waals surface area contributed by atoms with Gasteiger partial charge in [-0.2, -0.15) is 15.0 Å². The Morgan fingerprint density at radius 2 is 2.00 bits per heavy atom. The first-order valence-corrected chi connectivity index (χ1v) is 4.88. The van der Waals surface area contributed by atoms with E-state index in [0.717, 1.165) is 10.6 Å². The van der Waals surface area contributed by atoms with Gasteiger partial charge in [-0.1, -0.05) is 30.3 Å².